The lowest BCUT2D eigenvalue weighted by Gasteiger charge is -2.32. The van der Waals surface area contributed by atoms with Crippen LogP contribution in [0.2, 0.25) is 0 Å². The Labute approximate surface area is 210 Å². The van der Waals surface area contributed by atoms with Gasteiger partial charge in [0, 0.05) is 30.0 Å². The zero-order valence-electron chi connectivity index (χ0n) is 20.0. The van der Waals surface area contributed by atoms with Crippen LogP contribution in [0.3, 0.4) is 0 Å². The first-order valence-electron chi connectivity index (χ1n) is 12.4. The summed E-state index contributed by atoms with van der Waals surface area (Å²) in [6, 6.07) is 26.9. The highest BCUT2D eigenvalue weighted by Crippen LogP contribution is 2.32. The molecule has 7 nitrogen and oxygen atoms in total. The van der Waals surface area contributed by atoms with Crippen LogP contribution < -0.4 is 16.8 Å². The van der Waals surface area contributed by atoms with Crippen LogP contribution >= 0.6 is 0 Å². The van der Waals surface area contributed by atoms with Crippen molar-refractivity contribution in [2.75, 3.05) is 12.3 Å². The van der Waals surface area contributed by atoms with Gasteiger partial charge in [0.2, 0.25) is 0 Å². The monoisotopic (exact) mass is 475 g/mol. The minimum absolute atomic E-state index is 0.389. The molecule has 0 atom stereocenters. The van der Waals surface area contributed by atoms with Crippen LogP contribution in [-0.2, 0) is 6.54 Å². The number of anilines is 1. The van der Waals surface area contributed by atoms with E-state index in [9.17, 15) is 0 Å². The Morgan fingerprint density at radius 1 is 0.889 bits per heavy atom. The number of fused-ring (bicyclic) bond motifs is 1. The zero-order chi connectivity index (χ0) is 24.5. The quantitative estimate of drug-likeness (QED) is 0.319. The molecule has 36 heavy (non-hydrogen) atoms. The average Bonchev–Trinajstić information content (AvgIpc) is 3.27. The largest absolute Gasteiger partial charge is 0.383 e. The summed E-state index contributed by atoms with van der Waals surface area (Å²) >= 11 is 0. The lowest BCUT2D eigenvalue weighted by atomic mass is 9.81. The highest BCUT2D eigenvalue weighted by atomic mass is 15.1. The zero-order valence-corrected chi connectivity index (χ0v) is 20.0. The van der Waals surface area contributed by atoms with E-state index in [1.54, 1.807) is 6.20 Å². The number of rotatable bonds is 7. The van der Waals surface area contributed by atoms with Crippen LogP contribution in [0.4, 0.5) is 5.82 Å². The van der Waals surface area contributed by atoms with Gasteiger partial charge < -0.3 is 16.8 Å². The maximum atomic E-state index is 6.27. The fraction of sp³-hybridized carbons (Fsp3) is 0.207. The van der Waals surface area contributed by atoms with Crippen LogP contribution in [0.15, 0.2) is 85.1 Å². The highest BCUT2D eigenvalue weighted by molar-refractivity contribution is 5.84. The highest BCUT2D eigenvalue weighted by Gasteiger charge is 2.25. The fourth-order valence-electron chi connectivity index (χ4n) is 4.90. The summed E-state index contributed by atoms with van der Waals surface area (Å²) in [4.78, 5) is 14.2. The maximum absolute atomic E-state index is 6.27. The fourth-order valence-corrected chi connectivity index (χ4v) is 4.90. The summed E-state index contributed by atoms with van der Waals surface area (Å²) in [7, 11) is 0. The van der Waals surface area contributed by atoms with Gasteiger partial charge in [-0.2, -0.15) is 0 Å². The Morgan fingerprint density at radius 3 is 2.44 bits per heavy atom. The first-order valence-corrected chi connectivity index (χ1v) is 12.4. The minimum atomic E-state index is 0.389. The number of imidazole rings is 1. The number of nitrogen functional groups attached to an aromatic ring is 1. The molecule has 0 spiro atoms. The third-order valence-corrected chi connectivity index (χ3v) is 6.88. The van der Waals surface area contributed by atoms with Gasteiger partial charge in [-0.1, -0.05) is 42.5 Å². The van der Waals surface area contributed by atoms with Crippen LogP contribution in [-0.4, -0.2) is 32.1 Å². The third kappa shape index (κ3) is 4.34. The van der Waals surface area contributed by atoms with E-state index in [2.05, 4.69) is 51.3 Å². The molecule has 0 radical (unpaired) electrons. The summed E-state index contributed by atoms with van der Waals surface area (Å²) in [5.41, 5.74) is 18.7. The molecule has 1 fully saturated rings. The average molecular weight is 476 g/mol. The number of nitrogens with zero attached hydrogens (tertiary/aromatic N) is 4. The van der Waals surface area contributed by atoms with Gasteiger partial charge in [-0.05, 0) is 67.3 Å². The number of aromatic nitrogens is 4. The van der Waals surface area contributed by atoms with Crippen LogP contribution in [0, 0.1) is 5.92 Å². The molecule has 5 N–H and O–H groups in total. The molecule has 180 valence electrons. The van der Waals surface area contributed by atoms with E-state index in [1.807, 2.05) is 42.5 Å². The van der Waals surface area contributed by atoms with E-state index in [0.717, 1.165) is 65.4 Å². The first-order chi connectivity index (χ1) is 17.7. The van der Waals surface area contributed by atoms with Crippen molar-refractivity contribution >= 4 is 17.0 Å². The number of benzene rings is 2. The van der Waals surface area contributed by atoms with Crippen molar-refractivity contribution in [2.45, 2.75) is 25.4 Å². The Bertz CT molecular complexity index is 1490. The van der Waals surface area contributed by atoms with Crippen molar-refractivity contribution in [3.8, 4) is 28.3 Å². The Morgan fingerprint density at radius 2 is 1.69 bits per heavy atom. The summed E-state index contributed by atoms with van der Waals surface area (Å²) < 4.78 is 2.07. The van der Waals surface area contributed by atoms with Crippen molar-refractivity contribution in [3.05, 3.63) is 90.6 Å². The molecule has 1 aliphatic rings. The van der Waals surface area contributed by atoms with Gasteiger partial charge in [-0.15, -0.1) is 0 Å². The number of hydrogen-bond acceptors (Lipinski definition) is 6. The van der Waals surface area contributed by atoms with Gasteiger partial charge in [0.05, 0.1) is 11.3 Å². The molecular formula is C29H29N7. The van der Waals surface area contributed by atoms with Gasteiger partial charge >= 0.3 is 0 Å². The van der Waals surface area contributed by atoms with E-state index in [1.165, 1.54) is 5.56 Å². The predicted molar refractivity (Wildman–Crippen MR) is 144 cm³/mol. The first kappa shape index (κ1) is 22.4. The summed E-state index contributed by atoms with van der Waals surface area (Å²) in [5, 5.41) is 3.57. The second-order valence-electron chi connectivity index (χ2n) is 9.51. The normalized spacial score (nSPS) is 17.2. The Kier molecular flexibility index (Phi) is 5.93. The second-order valence-corrected chi connectivity index (χ2v) is 9.51. The van der Waals surface area contributed by atoms with E-state index in [0.29, 0.717) is 17.8 Å². The van der Waals surface area contributed by atoms with Gasteiger partial charge in [-0.3, -0.25) is 4.57 Å². The third-order valence-electron chi connectivity index (χ3n) is 6.88. The molecule has 0 saturated heterocycles. The van der Waals surface area contributed by atoms with Gasteiger partial charge in [0.15, 0.2) is 11.5 Å². The molecule has 0 aliphatic heterocycles. The predicted octanol–water partition coefficient (Wildman–Crippen LogP) is 4.56. The van der Waals surface area contributed by atoms with E-state index >= 15 is 0 Å². The molecule has 7 heteroatoms. The van der Waals surface area contributed by atoms with Gasteiger partial charge in [-0.25, -0.2) is 15.0 Å². The number of nitrogens with two attached hydrogens (primary N) is 2. The number of hydrogen-bond donors (Lipinski definition) is 3. The Balaban J connectivity index is 1.38. The van der Waals surface area contributed by atoms with Gasteiger partial charge in [0.1, 0.15) is 11.3 Å². The van der Waals surface area contributed by atoms with E-state index in [4.69, 9.17) is 21.4 Å². The molecule has 5 aromatic rings. The lowest BCUT2D eigenvalue weighted by Crippen LogP contribution is -2.41. The molecule has 1 saturated carbocycles. The van der Waals surface area contributed by atoms with E-state index in [-0.39, 0.29) is 0 Å². The SMILES string of the molecule is Nc1ncccc1-c1nc2ccc(-c3ccccc3)nc2n1-c1ccc(CNCC2CC(N)C2)cc1. The van der Waals surface area contributed by atoms with E-state index < -0.39 is 0 Å². The standard InChI is InChI=1S/C29H29N7/c30-22-15-20(16-22)18-32-17-19-8-10-23(11-9-19)36-28(24-7-4-14-33-27(24)31)35-26-13-12-25(34-29(26)36)21-5-2-1-3-6-21/h1-14,20,22,32H,15-18,30H2,(H2,31,33). The summed E-state index contributed by atoms with van der Waals surface area (Å²) in [6.07, 6.45) is 3.94. The molecule has 0 bridgehead atoms. The molecular weight excluding hydrogens is 446 g/mol. The topological polar surface area (TPSA) is 108 Å². The second kappa shape index (κ2) is 9.53. The summed E-state index contributed by atoms with van der Waals surface area (Å²) in [5.74, 6) is 1.86. The van der Waals surface area contributed by atoms with Crippen LogP contribution in [0.1, 0.15) is 18.4 Å². The van der Waals surface area contributed by atoms with Gasteiger partial charge in [0.25, 0.3) is 0 Å². The number of pyridine rings is 2. The molecule has 6 rings (SSSR count). The van der Waals surface area contributed by atoms with Crippen LogP contribution in [0.25, 0.3) is 39.5 Å². The minimum Gasteiger partial charge on any atom is -0.383 e. The van der Waals surface area contributed by atoms with Crippen molar-refractivity contribution in [2.24, 2.45) is 11.7 Å². The molecule has 3 aromatic heterocycles. The van der Waals surface area contributed by atoms with Crippen molar-refractivity contribution in [3.63, 3.8) is 0 Å². The Hall–Kier alpha value is -4.07. The lowest BCUT2D eigenvalue weighted by molar-refractivity contribution is 0.256. The van der Waals surface area contributed by atoms with Crippen molar-refractivity contribution in [1.29, 1.82) is 0 Å². The molecule has 3 heterocycles. The smallest absolute Gasteiger partial charge is 0.165 e. The van der Waals surface area contributed by atoms with Crippen molar-refractivity contribution in [1.82, 2.24) is 24.8 Å². The number of nitrogens with one attached hydrogen (secondary N) is 1. The summed E-state index contributed by atoms with van der Waals surface area (Å²) in [6.45, 7) is 1.84. The van der Waals surface area contributed by atoms with Crippen molar-refractivity contribution < 1.29 is 0 Å². The maximum Gasteiger partial charge on any atom is 0.165 e. The molecule has 0 unspecified atom stereocenters. The molecule has 1 aliphatic carbocycles. The molecule has 2 aromatic carbocycles. The van der Waals surface area contributed by atoms with Crippen LogP contribution in [0.5, 0.6) is 0 Å². The molecule has 0 amide bonds.